The molecule has 118 valence electrons. The normalized spacial score (nSPS) is 14.4. The van der Waals surface area contributed by atoms with E-state index in [1.54, 1.807) is 4.90 Å². The molecule has 2 aromatic rings. The van der Waals surface area contributed by atoms with Crippen LogP contribution in [0.4, 0.5) is 0 Å². The van der Waals surface area contributed by atoms with Crippen LogP contribution in [0.5, 0.6) is 0 Å². The van der Waals surface area contributed by atoms with Gasteiger partial charge in [-0.15, -0.1) is 0 Å². The Morgan fingerprint density at radius 2 is 1.43 bits per heavy atom. The molecule has 3 rings (SSSR count). The SMILES string of the molecule is NC(=O)C[C@H](N)C(=O)N1Cc2ccccc2-c2ccccc2C1. The summed E-state index contributed by atoms with van der Waals surface area (Å²) in [5, 5.41) is 0. The molecule has 0 bridgehead atoms. The van der Waals surface area contributed by atoms with Gasteiger partial charge < -0.3 is 16.4 Å². The third-order valence-electron chi connectivity index (χ3n) is 4.10. The van der Waals surface area contributed by atoms with Gasteiger partial charge in [-0.3, -0.25) is 9.59 Å². The monoisotopic (exact) mass is 309 g/mol. The molecule has 2 aromatic carbocycles. The predicted molar refractivity (Wildman–Crippen MR) is 87.9 cm³/mol. The van der Waals surface area contributed by atoms with E-state index in [0.29, 0.717) is 13.1 Å². The molecule has 1 aliphatic rings. The molecule has 0 aliphatic carbocycles. The Morgan fingerprint density at radius 3 is 1.91 bits per heavy atom. The van der Waals surface area contributed by atoms with Crippen LogP contribution in [-0.4, -0.2) is 22.8 Å². The molecule has 5 nitrogen and oxygen atoms in total. The van der Waals surface area contributed by atoms with E-state index < -0.39 is 11.9 Å². The van der Waals surface area contributed by atoms with Crippen molar-refractivity contribution in [3.63, 3.8) is 0 Å². The standard InChI is InChI=1S/C18H19N3O2/c19-16(9-17(20)22)18(23)21-10-12-5-1-3-7-14(12)15-8-4-2-6-13(15)11-21/h1-8,16H,9-11,19H2,(H2,20,22)/t16-/m0/s1. The molecule has 0 saturated heterocycles. The zero-order valence-corrected chi connectivity index (χ0v) is 12.7. The van der Waals surface area contributed by atoms with Crippen molar-refractivity contribution in [3.8, 4) is 11.1 Å². The van der Waals surface area contributed by atoms with Crippen molar-refractivity contribution in [2.24, 2.45) is 11.5 Å². The lowest BCUT2D eigenvalue weighted by Gasteiger charge is -2.24. The number of nitrogens with zero attached hydrogens (tertiary/aromatic N) is 1. The molecular weight excluding hydrogens is 290 g/mol. The molecular formula is C18H19N3O2. The molecule has 1 aliphatic heterocycles. The van der Waals surface area contributed by atoms with Crippen LogP contribution in [0.25, 0.3) is 11.1 Å². The minimum Gasteiger partial charge on any atom is -0.370 e. The van der Waals surface area contributed by atoms with Crippen molar-refractivity contribution < 1.29 is 9.59 Å². The average Bonchev–Trinajstić information content (AvgIpc) is 2.70. The number of hydrogen-bond acceptors (Lipinski definition) is 3. The predicted octanol–water partition coefficient (Wildman–Crippen LogP) is 1.40. The summed E-state index contributed by atoms with van der Waals surface area (Å²) in [5.41, 5.74) is 15.4. The molecule has 0 spiro atoms. The second kappa shape index (κ2) is 6.22. The Kier molecular flexibility index (Phi) is 4.12. The highest BCUT2D eigenvalue weighted by molar-refractivity contribution is 5.88. The second-order valence-corrected chi connectivity index (χ2v) is 5.79. The van der Waals surface area contributed by atoms with Crippen LogP contribution < -0.4 is 11.5 Å². The Hall–Kier alpha value is -2.66. The first-order valence-electron chi connectivity index (χ1n) is 7.55. The Labute approximate surface area is 134 Å². The highest BCUT2D eigenvalue weighted by atomic mass is 16.2. The number of nitrogens with two attached hydrogens (primary N) is 2. The van der Waals surface area contributed by atoms with Crippen LogP contribution in [0.1, 0.15) is 17.5 Å². The van der Waals surface area contributed by atoms with Crippen LogP contribution in [-0.2, 0) is 22.7 Å². The fraction of sp³-hybridized carbons (Fsp3) is 0.222. The third kappa shape index (κ3) is 3.10. The minimum absolute atomic E-state index is 0.140. The van der Waals surface area contributed by atoms with Gasteiger partial charge in [0.2, 0.25) is 11.8 Å². The summed E-state index contributed by atoms with van der Waals surface area (Å²) >= 11 is 0. The first kappa shape index (κ1) is 15.2. The number of primary amides is 1. The van der Waals surface area contributed by atoms with Gasteiger partial charge in [-0.05, 0) is 22.3 Å². The minimum atomic E-state index is -0.898. The number of fused-ring (bicyclic) bond motifs is 3. The highest BCUT2D eigenvalue weighted by Gasteiger charge is 2.26. The third-order valence-corrected chi connectivity index (χ3v) is 4.10. The quantitative estimate of drug-likeness (QED) is 0.898. The lowest BCUT2D eigenvalue weighted by atomic mass is 9.97. The van der Waals surface area contributed by atoms with Crippen molar-refractivity contribution in [2.75, 3.05) is 0 Å². The number of hydrogen-bond donors (Lipinski definition) is 2. The smallest absolute Gasteiger partial charge is 0.240 e. The topological polar surface area (TPSA) is 89.4 Å². The van der Waals surface area contributed by atoms with Gasteiger partial charge in [-0.1, -0.05) is 48.5 Å². The lowest BCUT2D eigenvalue weighted by molar-refractivity contribution is -0.135. The molecule has 5 heteroatoms. The van der Waals surface area contributed by atoms with Crippen LogP contribution in [0.3, 0.4) is 0 Å². The van der Waals surface area contributed by atoms with Gasteiger partial charge >= 0.3 is 0 Å². The van der Waals surface area contributed by atoms with Gasteiger partial charge in [0.15, 0.2) is 0 Å². The van der Waals surface area contributed by atoms with Crippen LogP contribution >= 0.6 is 0 Å². The largest absolute Gasteiger partial charge is 0.370 e. The molecule has 2 amide bonds. The van der Waals surface area contributed by atoms with Gasteiger partial charge in [0, 0.05) is 13.1 Å². The Morgan fingerprint density at radius 1 is 0.957 bits per heavy atom. The molecule has 0 saturated carbocycles. The van der Waals surface area contributed by atoms with Crippen molar-refractivity contribution in [3.05, 3.63) is 59.7 Å². The van der Waals surface area contributed by atoms with Crippen molar-refractivity contribution in [1.82, 2.24) is 4.90 Å². The summed E-state index contributed by atoms with van der Waals surface area (Å²) in [6.07, 6.45) is -0.140. The van der Waals surface area contributed by atoms with Crippen LogP contribution in [0, 0.1) is 0 Å². The second-order valence-electron chi connectivity index (χ2n) is 5.79. The average molecular weight is 309 g/mol. The van der Waals surface area contributed by atoms with Crippen molar-refractivity contribution in [1.29, 1.82) is 0 Å². The molecule has 0 radical (unpaired) electrons. The number of rotatable bonds is 3. The van der Waals surface area contributed by atoms with E-state index in [2.05, 4.69) is 12.1 Å². The van der Waals surface area contributed by atoms with Gasteiger partial charge in [-0.25, -0.2) is 0 Å². The maximum Gasteiger partial charge on any atom is 0.240 e. The van der Waals surface area contributed by atoms with Gasteiger partial charge in [0.1, 0.15) is 0 Å². The molecule has 4 N–H and O–H groups in total. The Bertz CT molecular complexity index is 710. The first-order valence-corrected chi connectivity index (χ1v) is 7.55. The summed E-state index contributed by atoms with van der Waals surface area (Å²) in [7, 11) is 0. The van der Waals surface area contributed by atoms with E-state index in [-0.39, 0.29) is 12.3 Å². The molecule has 1 atom stereocenters. The summed E-state index contributed by atoms with van der Waals surface area (Å²) in [5.74, 6) is -0.822. The van der Waals surface area contributed by atoms with E-state index in [9.17, 15) is 9.59 Å². The van der Waals surface area contributed by atoms with E-state index >= 15 is 0 Å². The number of amides is 2. The number of carbonyl (C=O) groups is 2. The van der Waals surface area contributed by atoms with Crippen LogP contribution in [0.15, 0.2) is 48.5 Å². The van der Waals surface area contributed by atoms with E-state index in [1.165, 1.54) is 0 Å². The fourth-order valence-electron chi connectivity index (χ4n) is 3.00. The highest BCUT2D eigenvalue weighted by Crippen LogP contribution is 2.32. The molecule has 1 heterocycles. The van der Waals surface area contributed by atoms with Gasteiger partial charge in [0.05, 0.1) is 12.5 Å². The maximum atomic E-state index is 12.6. The zero-order valence-electron chi connectivity index (χ0n) is 12.7. The molecule has 0 fully saturated rings. The number of benzene rings is 2. The number of carbonyl (C=O) groups excluding carboxylic acids is 2. The first-order chi connectivity index (χ1) is 11.1. The molecule has 0 unspecified atom stereocenters. The summed E-state index contributed by atoms with van der Waals surface area (Å²) < 4.78 is 0. The van der Waals surface area contributed by atoms with Crippen LogP contribution in [0.2, 0.25) is 0 Å². The van der Waals surface area contributed by atoms with Gasteiger partial charge in [0.25, 0.3) is 0 Å². The van der Waals surface area contributed by atoms with Crippen molar-refractivity contribution >= 4 is 11.8 Å². The molecule has 0 aromatic heterocycles. The lowest BCUT2D eigenvalue weighted by Crippen LogP contribution is -2.44. The van der Waals surface area contributed by atoms with Gasteiger partial charge in [-0.2, -0.15) is 0 Å². The summed E-state index contributed by atoms with van der Waals surface area (Å²) in [4.78, 5) is 25.3. The zero-order chi connectivity index (χ0) is 16.4. The van der Waals surface area contributed by atoms with Crippen molar-refractivity contribution in [2.45, 2.75) is 25.6 Å². The summed E-state index contributed by atoms with van der Waals surface area (Å²) in [6.45, 7) is 0.937. The van der Waals surface area contributed by atoms with E-state index in [1.807, 2.05) is 36.4 Å². The summed E-state index contributed by atoms with van der Waals surface area (Å²) in [6, 6.07) is 15.1. The molecule has 23 heavy (non-hydrogen) atoms. The van der Waals surface area contributed by atoms with E-state index in [0.717, 1.165) is 22.3 Å². The maximum absolute atomic E-state index is 12.6. The Balaban J connectivity index is 1.98. The fourth-order valence-corrected chi connectivity index (χ4v) is 3.00. The van der Waals surface area contributed by atoms with E-state index in [4.69, 9.17) is 11.5 Å².